The molecule has 0 spiro atoms. The summed E-state index contributed by atoms with van der Waals surface area (Å²) in [5.41, 5.74) is 7.85. The van der Waals surface area contributed by atoms with Crippen molar-refractivity contribution in [2.75, 3.05) is 13.1 Å². The van der Waals surface area contributed by atoms with Crippen molar-refractivity contribution < 1.29 is 9.59 Å². The first-order chi connectivity index (χ1) is 11.6. The molecular weight excluding hydrogens is 302 g/mol. The van der Waals surface area contributed by atoms with Gasteiger partial charge in [0.25, 0.3) is 5.91 Å². The van der Waals surface area contributed by atoms with E-state index >= 15 is 0 Å². The van der Waals surface area contributed by atoms with Gasteiger partial charge in [0.2, 0.25) is 5.91 Å². The van der Waals surface area contributed by atoms with E-state index in [-0.39, 0.29) is 5.91 Å². The largest absolute Gasteiger partial charge is 0.366 e. The third-order valence-electron chi connectivity index (χ3n) is 3.73. The lowest BCUT2D eigenvalue weighted by Crippen LogP contribution is -2.32. The van der Waals surface area contributed by atoms with Crippen LogP contribution in [0.5, 0.6) is 0 Å². The zero-order valence-corrected chi connectivity index (χ0v) is 14.2. The Labute approximate surface area is 142 Å². The first-order valence-corrected chi connectivity index (χ1v) is 8.21. The van der Waals surface area contributed by atoms with Crippen LogP contribution < -0.4 is 5.73 Å². The number of hydrogen-bond donors (Lipinski definition) is 1. The monoisotopic (exact) mass is 325 g/mol. The van der Waals surface area contributed by atoms with Crippen LogP contribution in [0.1, 0.15) is 47.4 Å². The predicted molar refractivity (Wildman–Crippen MR) is 94.7 cm³/mol. The molecule has 0 saturated heterocycles. The molecule has 1 heterocycles. The van der Waals surface area contributed by atoms with Gasteiger partial charge in [0, 0.05) is 42.2 Å². The number of aromatic nitrogens is 1. The van der Waals surface area contributed by atoms with E-state index in [2.05, 4.69) is 4.98 Å². The lowest BCUT2D eigenvalue weighted by molar-refractivity contribution is 0.0755. The molecule has 0 unspecified atom stereocenters. The van der Waals surface area contributed by atoms with Crippen molar-refractivity contribution in [1.82, 2.24) is 9.88 Å². The maximum Gasteiger partial charge on any atom is 0.253 e. The van der Waals surface area contributed by atoms with Gasteiger partial charge in [0.05, 0.1) is 0 Å². The lowest BCUT2D eigenvalue weighted by atomic mass is 9.99. The normalized spacial score (nSPS) is 10.4. The van der Waals surface area contributed by atoms with Crippen LogP contribution in [0.2, 0.25) is 0 Å². The van der Waals surface area contributed by atoms with Gasteiger partial charge in [-0.05, 0) is 42.7 Å². The molecular formula is C19H23N3O2. The molecule has 0 aliphatic rings. The molecule has 0 atom stereocenters. The smallest absolute Gasteiger partial charge is 0.253 e. The van der Waals surface area contributed by atoms with Crippen molar-refractivity contribution in [1.29, 1.82) is 0 Å². The van der Waals surface area contributed by atoms with Crippen LogP contribution in [-0.4, -0.2) is 34.8 Å². The van der Waals surface area contributed by atoms with Crippen molar-refractivity contribution >= 4 is 11.8 Å². The third kappa shape index (κ3) is 4.19. The minimum Gasteiger partial charge on any atom is -0.366 e. The van der Waals surface area contributed by atoms with Crippen LogP contribution in [0.25, 0.3) is 11.1 Å². The topological polar surface area (TPSA) is 76.3 Å². The van der Waals surface area contributed by atoms with Gasteiger partial charge in [-0.15, -0.1) is 0 Å². The summed E-state index contributed by atoms with van der Waals surface area (Å²) in [6, 6.07) is 8.76. The van der Waals surface area contributed by atoms with Gasteiger partial charge in [-0.25, -0.2) is 0 Å². The molecule has 5 heteroatoms. The number of hydrogen-bond acceptors (Lipinski definition) is 3. The van der Waals surface area contributed by atoms with Gasteiger partial charge in [0.1, 0.15) is 0 Å². The molecule has 2 amide bonds. The Hall–Kier alpha value is -2.69. The minimum atomic E-state index is -0.549. The van der Waals surface area contributed by atoms with E-state index in [9.17, 15) is 9.59 Å². The maximum atomic E-state index is 12.8. The van der Waals surface area contributed by atoms with E-state index in [0.717, 1.165) is 24.0 Å². The van der Waals surface area contributed by atoms with E-state index < -0.39 is 5.91 Å². The number of primary amides is 1. The number of nitrogens with two attached hydrogens (primary N) is 1. The fourth-order valence-electron chi connectivity index (χ4n) is 2.63. The second kappa shape index (κ2) is 8.24. The number of nitrogens with zero attached hydrogens (tertiary/aromatic N) is 2. The highest BCUT2D eigenvalue weighted by atomic mass is 16.2. The number of carbonyl (C=O) groups excluding carboxylic acids is 2. The van der Waals surface area contributed by atoms with Crippen molar-refractivity contribution in [3.63, 3.8) is 0 Å². The molecule has 2 N–H and O–H groups in total. The second-order valence-corrected chi connectivity index (χ2v) is 5.70. The first kappa shape index (κ1) is 17.7. The molecule has 0 aliphatic heterocycles. The molecule has 0 fully saturated rings. The van der Waals surface area contributed by atoms with Crippen LogP contribution in [0, 0.1) is 0 Å². The summed E-state index contributed by atoms with van der Waals surface area (Å²) in [7, 11) is 0. The lowest BCUT2D eigenvalue weighted by Gasteiger charge is -2.22. The molecule has 2 rings (SSSR count). The fraction of sp³-hybridized carbons (Fsp3) is 0.316. The molecule has 0 radical (unpaired) electrons. The zero-order chi connectivity index (χ0) is 17.5. The van der Waals surface area contributed by atoms with Gasteiger partial charge in [-0.2, -0.15) is 0 Å². The summed E-state index contributed by atoms with van der Waals surface area (Å²) in [6.07, 6.45) is 5.15. The van der Waals surface area contributed by atoms with E-state index in [1.165, 1.54) is 0 Å². The van der Waals surface area contributed by atoms with Crippen LogP contribution in [0.3, 0.4) is 0 Å². The summed E-state index contributed by atoms with van der Waals surface area (Å²) in [4.78, 5) is 30.4. The Morgan fingerprint density at radius 2 is 1.71 bits per heavy atom. The van der Waals surface area contributed by atoms with Crippen LogP contribution in [0.4, 0.5) is 0 Å². The SMILES string of the molecule is CCCN(CCC)C(=O)c1cc(C(N)=O)cc(-c2cccnc2)c1. The second-order valence-electron chi connectivity index (χ2n) is 5.70. The summed E-state index contributed by atoms with van der Waals surface area (Å²) in [6.45, 7) is 5.46. The van der Waals surface area contributed by atoms with Gasteiger partial charge >= 0.3 is 0 Å². The van der Waals surface area contributed by atoms with Crippen LogP contribution >= 0.6 is 0 Å². The molecule has 0 aliphatic carbocycles. The summed E-state index contributed by atoms with van der Waals surface area (Å²) >= 11 is 0. The quantitative estimate of drug-likeness (QED) is 0.850. The zero-order valence-electron chi connectivity index (χ0n) is 14.2. The van der Waals surface area contributed by atoms with E-state index in [4.69, 9.17) is 5.73 Å². The highest BCUT2D eigenvalue weighted by molar-refractivity contribution is 6.01. The number of pyridine rings is 1. The predicted octanol–water partition coefficient (Wildman–Crippen LogP) is 3.11. The number of carbonyl (C=O) groups is 2. The first-order valence-electron chi connectivity index (χ1n) is 8.21. The molecule has 2 aromatic rings. The number of amides is 2. The van der Waals surface area contributed by atoms with Gasteiger partial charge in [-0.3, -0.25) is 14.6 Å². The standard InChI is InChI=1S/C19H23N3O2/c1-3-8-22(9-4-2)19(24)17-11-15(10-16(12-17)18(20)23)14-6-5-7-21-13-14/h5-7,10-13H,3-4,8-9H2,1-2H3,(H2,20,23). The van der Waals surface area contributed by atoms with Crippen molar-refractivity contribution in [3.8, 4) is 11.1 Å². The summed E-state index contributed by atoms with van der Waals surface area (Å²) < 4.78 is 0. The average molecular weight is 325 g/mol. The molecule has 126 valence electrons. The Balaban J connectivity index is 2.47. The molecule has 1 aromatic heterocycles. The Morgan fingerprint density at radius 3 is 2.25 bits per heavy atom. The van der Waals surface area contributed by atoms with Crippen molar-refractivity contribution in [3.05, 3.63) is 53.9 Å². The van der Waals surface area contributed by atoms with Gasteiger partial charge < -0.3 is 10.6 Å². The third-order valence-corrected chi connectivity index (χ3v) is 3.73. The van der Waals surface area contributed by atoms with E-state index in [0.29, 0.717) is 24.2 Å². The van der Waals surface area contributed by atoms with Crippen LogP contribution in [-0.2, 0) is 0 Å². The molecule has 1 aromatic carbocycles. The molecule has 0 bridgehead atoms. The van der Waals surface area contributed by atoms with Crippen LogP contribution in [0.15, 0.2) is 42.7 Å². The maximum absolute atomic E-state index is 12.8. The summed E-state index contributed by atoms with van der Waals surface area (Å²) in [5.74, 6) is -0.626. The van der Waals surface area contributed by atoms with E-state index in [1.54, 1.807) is 30.6 Å². The Kier molecular flexibility index (Phi) is 6.07. The Bertz CT molecular complexity index is 708. The Morgan fingerprint density at radius 1 is 1.04 bits per heavy atom. The number of benzene rings is 1. The summed E-state index contributed by atoms with van der Waals surface area (Å²) in [5, 5.41) is 0. The highest BCUT2D eigenvalue weighted by Crippen LogP contribution is 2.22. The molecule has 0 saturated carbocycles. The molecule has 24 heavy (non-hydrogen) atoms. The van der Waals surface area contributed by atoms with Crippen molar-refractivity contribution in [2.45, 2.75) is 26.7 Å². The van der Waals surface area contributed by atoms with Crippen molar-refractivity contribution in [2.24, 2.45) is 5.73 Å². The van der Waals surface area contributed by atoms with Gasteiger partial charge in [-0.1, -0.05) is 19.9 Å². The van der Waals surface area contributed by atoms with E-state index in [1.807, 2.05) is 30.9 Å². The minimum absolute atomic E-state index is 0.0769. The molecule has 5 nitrogen and oxygen atoms in total. The fourth-order valence-corrected chi connectivity index (χ4v) is 2.63. The number of rotatable bonds is 7. The highest BCUT2D eigenvalue weighted by Gasteiger charge is 2.17. The van der Waals surface area contributed by atoms with Gasteiger partial charge in [0.15, 0.2) is 0 Å². The average Bonchev–Trinajstić information content (AvgIpc) is 2.61.